The highest BCUT2D eigenvalue weighted by molar-refractivity contribution is 5.99. The highest BCUT2D eigenvalue weighted by atomic mass is 19.2. The lowest BCUT2D eigenvalue weighted by atomic mass is 10.0. The van der Waals surface area contributed by atoms with E-state index in [4.69, 9.17) is 13.9 Å². The maximum absolute atomic E-state index is 13.6. The molecule has 0 aliphatic carbocycles. The van der Waals surface area contributed by atoms with E-state index in [-0.39, 0.29) is 22.5 Å². The molecule has 0 amide bonds. The van der Waals surface area contributed by atoms with E-state index in [2.05, 4.69) is 0 Å². The molecule has 0 bridgehead atoms. The molecular formula is C17H11F3O4. The Bertz CT molecular complexity index is 972. The molecule has 0 aliphatic heterocycles. The maximum Gasteiger partial charge on any atom is 0.336 e. The van der Waals surface area contributed by atoms with Gasteiger partial charge in [-0.15, -0.1) is 0 Å². The first-order valence-corrected chi connectivity index (χ1v) is 6.80. The van der Waals surface area contributed by atoms with Crippen molar-refractivity contribution in [2.24, 2.45) is 0 Å². The second-order valence-corrected chi connectivity index (χ2v) is 4.91. The highest BCUT2D eigenvalue weighted by Gasteiger charge is 2.21. The summed E-state index contributed by atoms with van der Waals surface area (Å²) in [5, 5.41) is 0.401. The van der Waals surface area contributed by atoms with E-state index >= 15 is 0 Å². The first kappa shape index (κ1) is 15.9. The molecule has 0 saturated heterocycles. The molecule has 7 heteroatoms. The van der Waals surface area contributed by atoms with Crippen molar-refractivity contribution in [3.63, 3.8) is 0 Å². The molecule has 0 saturated carbocycles. The fraction of sp³-hybridized carbons (Fsp3) is 0.118. The molecule has 0 radical (unpaired) electrons. The summed E-state index contributed by atoms with van der Waals surface area (Å²) < 4.78 is 56.1. The molecule has 3 rings (SSSR count). The average Bonchev–Trinajstić information content (AvgIpc) is 2.57. The smallest absolute Gasteiger partial charge is 0.336 e. The van der Waals surface area contributed by atoms with Gasteiger partial charge in [-0.25, -0.2) is 18.0 Å². The minimum Gasteiger partial charge on any atom is -0.496 e. The third-order valence-corrected chi connectivity index (χ3v) is 3.55. The van der Waals surface area contributed by atoms with Crippen LogP contribution in [-0.4, -0.2) is 14.2 Å². The van der Waals surface area contributed by atoms with Gasteiger partial charge in [-0.3, -0.25) is 0 Å². The molecule has 24 heavy (non-hydrogen) atoms. The van der Waals surface area contributed by atoms with Gasteiger partial charge in [-0.1, -0.05) is 0 Å². The number of fused-ring (bicyclic) bond motifs is 1. The molecule has 4 nitrogen and oxygen atoms in total. The van der Waals surface area contributed by atoms with Crippen molar-refractivity contribution >= 4 is 11.0 Å². The van der Waals surface area contributed by atoms with Gasteiger partial charge in [0.25, 0.3) is 0 Å². The summed E-state index contributed by atoms with van der Waals surface area (Å²) in [5.41, 5.74) is -0.569. The Balaban J connectivity index is 2.47. The third kappa shape index (κ3) is 2.47. The van der Waals surface area contributed by atoms with E-state index in [0.29, 0.717) is 11.1 Å². The summed E-state index contributed by atoms with van der Waals surface area (Å²) in [7, 11) is 2.75. The molecule has 0 unspecified atom stereocenters. The number of hydrogen-bond acceptors (Lipinski definition) is 4. The highest BCUT2D eigenvalue weighted by Crippen LogP contribution is 2.42. The SMILES string of the molecule is COc1cc(OC)c2ccc(=O)oc2c1-c1cc(F)c(F)c(F)c1. The van der Waals surface area contributed by atoms with Crippen molar-refractivity contribution < 1.29 is 27.1 Å². The molecule has 0 atom stereocenters. The molecule has 0 spiro atoms. The van der Waals surface area contributed by atoms with Crippen LogP contribution in [0.15, 0.2) is 39.5 Å². The quantitative estimate of drug-likeness (QED) is 0.538. The summed E-state index contributed by atoms with van der Waals surface area (Å²) in [6, 6.07) is 5.73. The van der Waals surface area contributed by atoms with Gasteiger partial charge in [0.05, 0.1) is 25.2 Å². The normalized spacial score (nSPS) is 10.9. The van der Waals surface area contributed by atoms with Crippen molar-refractivity contribution in [3.8, 4) is 22.6 Å². The predicted octanol–water partition coefficient (Wildman–Crippen LogP) is 3.89. The summed E-state index contributed by atoms with van der Waals surface area (Å²) in [5.74, 6) is -3.82. The molecule has 0 aliphatic rings. The van der Waals surface area contributed by atoms with E-state index < -0.39 is 23.1 Å². The Labute approximate surface area is 134 Å². The number of benzene rings is 2. The van der Waals surface area contributed by atoms with Gasteiger partial charge in [0.2, 0.25) is 0 Å². The maximum atomic E-state index is 13.6. The van der Waals surface area contributed by atoms with Crippen LogP contribution in [-0.2, 0) is 0 Å². The zero-order valence-corrected chi connectivity index (χ0v) is 12.7. The summed E-state index contributed by atoms with van der Waals surface area (Å²) in [6.45, 7) is 0. The molecule has 1 heterocycles. The first-order valence-electron chi connectivity index (χ1n) is 6.80. The number of hydrogen-bond donors (Lipinski definition) is 0. The van der Waals surface area contributed by atoms with Crippen LogP contribution in [0.2, 0.25) is 0 Å². The van der Waals surface area contributed by atoms with Crippen LogP contribution in [0.5, 0.6) is 11.5 Å². The zero-order chi connectivity index (χ0) is 17.4. The Morgan fingerprint density at radius 3 is 2.12 bits per heavy atom. The van der Waals surface area contributed by atoms with Crippen LogP contribution < -0.4 is 15.1 Å². The number of halogens is 3. The lowest BCUT2D eigenvalue weighted by Crippen LogP contribution is -2.00. The fourth-order valence-corrected chi connectivity index (χ4v) is 2.48. The minimum atomic E-state index is -1.59. The van der Waals surface area contributed by atoms with Crippen LogP contribution in [0.1, 0.15) is 0 Å². The standard InChI is InChI=1S/C17H11F3O4/c1-22-12-7-13(23-2)15(17-9(12)3-4-14(21)24-17)8-5-10(18)16(20)11(19)6-8/h3-7H,1-2H3. The Morgan fingerprint density at radius 1 is 0.917 bits per heavy atom. The summed E-state index contributed by atoms with van der Waals surface area (Å²) >= 11 is 0. The Hall–Kier alpha value is -2.96. The van der Waals surface area contributed by atoms with E-state index in [1.165, 1.54) is 32.4 Å². The monoisotopic (exact) mass is 336 g/mol. The van der Waals surface area contributed by atoms with Crippen molar-refractivity contribution in [1.82, 2.24) is 0 Å². The van der Waals surface area contributed by atoms with Gasteiger partial charge in [-0.2, -0.15) is 0 Å². The lowest BCUT2D eigenvalue weighted by Gasteiger charge is -2.14. The largest absolute Gasteiger partial charge is 0.496 e. The molecule has 3 aromatic rings. The minimum absolute atomic E-state index is 0.0177. The molecule has 0 fully saturated rings. The topological polar surface area (TPSA) is 48.7 Å². The van der Waals surface area contributed by atoms with Crippen LogP contribution in [0, 0.1) is 17.5 Å². The fourth-order valence-electron chi connectivity index (χ4n) is 2.48. The van der Waals surface area contributed by atoms with Gasteiger partial charge < -0.3 is 13.9 Å². The van der Waals surface area contributed by atoms with Gasteiger partial charge in [0, 0.05) is 12.1 Å². The second-order valence-electron chi connectivity index (χ2n) is 4.91. The van der Waals surface area contributed by atoms with E-state index in [9.17, 15) is 18.0 Å². The number of ether oxygens (including phenoxy) is 2. The van der Waals surface area contributed by atoms with Crippen LogP contribution in [0.4, 0.5) is 13.2 Å². The molecule has 1 aromatic heterocycles. The summed E-state index contributed by atoms with van der Waals surface area (Å²) in [4.78, 5) is 11.6. The summed E-state index contributed by atoms with van der Waals surface area (Å²) in [6.07, 6.45) is 0. The molecule has 0 N–H and O–H groups in total. The van der Waals surface area contributed by atoms with Gasteiger partial charge >= 0.3 is 5.63 Å². The lowest BCUT2D eigenvalue weighted by molar-refractivity contribution is 0.397. The average molecular weight is 336 g/mol. The number of rotatable bonds is 3. The van der Waals surface area contributed by atoms with Gasteiger partial charge in [-0.05, 0) is 23.8 Å². The Kier molecular flexibility index (Phi) is 3.92. The van der Waals surface area contributed by atoms with Gasteiger partial charge in [0.1, 0.15) is 11.5 Å². The van der Waals surface area contributed by atoms with Gasteiger partial charge in [0.15, 0.2) is 23.0 Å². The predicted molar refractivity (Wildman–Crippen MR) is 80.9 cm³/mol. The zero-order valence-electron chi connectivity index (χ0n) is 12.7. The van der Waals surface area contributed by atoms with E-state index in [1.807, 2.05) is 0 Å². The molecule has 124 valence electrons. The van der Waals surface area contributed by atoms with Crippen LogP contribution in [0.25, 0.3) is 22.1 Å². The van der Waals surface area contributed by atoms with Crippen LogP contribution in [0.3, 0.4) is 0 Å². The van der Waals surface area contributed by atoms with E-state index in [1.54, 1.807) is 0 Å². The van der Waals surface area contributed by atoms with Crippen molar-refractivity contribution in [2.45, 2.75) is 0 Å². The molecule has 2 aromatic carbocycles. The van der Waals surface area contributed by atoms with Crippen molar-refractivity contribution in [2.75, 3.05) is 14.2 Å². The van der Waals surface area contributed by atoms with Crippen molar-refractivity contribution in [1.29, 1.82) is 0 Å². The Morgan fingerprint density at radius 2 is 1.54 bits per heavy atom. The second kappa shape index (κ2) is 5.92. The van der Waals surface area contributed by atoms with E-state index in [0.717, 1.165) is 12.1 Å². The number of methoxy groups -OCH3 is 2. The first-order chi connectivity index (χ1) is 11.5. The third-order valence-electron chi connectivity index (χ3n) is 3.55. The molecular weight excluding hydrogens is 325 g/mol. The van der Waals surface area contributed by atoms with Crippen molar-refractivity contribution in [3.05, 3.63) is 58.2 Å². The van der Waals surface area contributed by atoms with Crippen LogP contribution >= 0.6 is 0 Å².